The lowest BCUT2D eigenvalue weighted by Gasteiger charge is -2.12. The Balaban J connectivity index is 0.000000132. The summed E-state index contributed by atoms with van der Waals surface area (Å²) in [5, 5.41) is 55.5. The molecule has 0 amide bonds. The number of esters is 1. The van der Waals surface area contributed by atoms with Gasteiger partial charge in [0.05, 0.1) is 34.9 Å². The molecule has 572 valence electrons. The van der Waals surface area contributed by atoms with Gasteiger partial charge in [0.15, 0.2) is 11.5 Å². The number of carboxylic acid groups (broad SMARTS) is 4. The van der Waals surface area contributed by atoms with Crippen LogP contribution in [0.4, 0.5) is 17.6 Å². The summed E-state index contributed by atoms with van der Waals surface area (Å²) >= 11 is 0. The van der Waals surface area contributed by atoms with Crippen LogP contribution in [0.1, 0.15) is 76.8 Å². The Kier molecular flexibility index (Phi) is 23.8. The van der Waals surface area contributed by atoms with E-state index in [0.717, 1.165) is 34.7 Å². The van der Waals surface area contributed by atoms with E-state index in [0.29, 0.717) is 86.6 Å². The summed E-state index contributed by atoms with van der Waals surface area (Å²) in [7, 11) is 1.35. The van der Waals surface area contributed by atoms with Crippen LogP contribution in [0, 0.1) is 6.92 Å². The summed E-state index contributed by atoms with van der Waals surface area (Å²) in [5.41, 5.74) is 8.38. The SMILES string of the molecule is CC(F)(F)Oc1ccc(-c2noc(-c3cccc(C(=O)O)c3)n2)cc1.CC(F)(F)c1ccc(-c2noc(-c3cccc(C(=O)O)c3)n2)cc1.COC(=O)c1ccc(-c2nc(-c3ccccc3)no2)cc1.Cc1ccc(-c2noc(-c3cccc(C(=O)O)c3)n2)cc1.O=C(O)c1cccc(-c2nc(-c3ccc4c(c3)OCO4)no2)c1. The Labute approximate surface area is 641 Å². The minimum atomic E-state index is -3.27. The van der Waals surface area contributed by atoms with E-state index in [-0.39, 0.29) is 75.6 Å². The molecule has 0 unspecified atom stereocenters. The molecule has 32 heteroatoms. The maximum atomic E-state index is 13.2. The lowest BCUT2D eigenvalue weighted by molar-refractivity contribution is -0.159. The van der Waals surface area contributed by atoms with Crippen molar-refractivity contribution in [3.05, 3.63) is 282 Å². The number of carbonyl (C=O) groups excluding carboxylic acids is 1. The van der Waals surface area contributed by atoms with Crippen LogP contribution >= 0.6 is 0 Å². The van der Waals surface area contributed by atoms with Crippen LogP contribution < -0.4 is 14.2 Å². The summed E-state index contributed by atoms with van der Waals surface area (Å²) < 4.78 is 97.7. The van der Waals surface area contributed by atoms with Crippen molar-refractivity contribution in [1.82, 2.24) is 50.7 Å². The number of carboxylic acids is 4. The maximum absolute atomic E-state index is 13.2. The van der Waals surface area contributed by atoms with Crippen molar-refractivity contribution in [2.75, 3.05) is 13.9 Å². The molecule has 0 spiro atoms. The number of halogens is 4. The van der Waals surface area contributed by atoms with Gasteiger partial charge >= 0.3 is 36.0 Å². The van der Waals surface area contributed by atoms with Crippen LogP contribution in [-0.4, -0.2) is 121 Å². The van der Waals surface area contributed by atoms with Gasteiger partial charge in [-0.2, -0.15) is 33.7 Å². The van der Waals surface area contributed by atoms with Gasteiger partial charge in [-0.25, -0.2) is 32.8 Å². The number of benzene rings is 10. The van der Waals surface area contributed by atoms with Gasteiger partial charge in [-0.1, -0.05) is 134 Å². The van der Waals surface area contributed by atoms with E-state index in [9.17, 15) is 41.5 Å². The van der Waals surface area contributed by atoms with E-state index in [1.54, 1.807) is 91.0 Å². The normalized spacial score (nSPS) is 11.2. The average molecular weight is 1550 g/mol. The monoisotopic (exact) mass is 1550 g/mol. The second kappa shape index (κ2) is 34.7. The number of fused-ring (bicyclic) bond motifs is 1. The number of aromatic carboxylic acids is 4. The highest BCUT2D eigenvalue weighted by molar-refractivity contribution is 5.92. The molecular formula is C82H58F4N10O18. The second-order valence-corrected chi connectivity index (χ2v) is 24.4. The van der Waals surface area contributed by atoms with E-state index in [1.807, 2.05) is 61.5 Å². The third-order valence-electron chi connectivity index (χ3n) is 16.1. The molecule has 0 atom stereocenters. The van der Waals surface area contributed by atoms with Crippen LogP contribution in [-0.2, 0) is 10.7 Å². The topological polar surface area (TPSA) is 398 Å². The Morgan fingerprint density at radius 1 is 0.351 bits per heavy atom. The zero-order valence-electron chi connectivity index (χ0n) is 59.8. The molecule has 1 aliphatic rings. The quantitative estimate of drug-likeness (QED) is 0.0458. The molecule has 16 rings (SSSR count). The average Bonchev–Trinajstić information content (AvgIpc) is 1.63. The van der Waals surface area contributed by atoms with Gasteiger partial charge in [0.2, 0.25) is 35.9 Å². The van der Waals surface area contributed by atoms with Crippen molar-refractivity contribution < 1.29 is 104 Å². The highest BCUT2D eigenvalue weighted by Crippen LogP contribution is 2.37. The number of carbonyl (C=O) groups is 5. The van der Waals surface area contributed by atoms with Crippen LogP contribution in [0.2, 0.25) is 0 Å². The van der Waals surface area contributed by atoms with Gasteiger partial charge in [0.1, 0.15) is 5.75 Å². The summed E-state index contributed by atoms with van der Waals surface area (Å²) in [4.78, 5) is 76.7. The fourth-order valence-electron chi connectivity index (χ4n) is 10.4. The molecular weight excluding hydrogens is 1490 g/mol. The third-order valence-corrected chi connectivity index (χ3v) is 16.1. The first-order chi connectivity index (χ1) is 54.8. The number of nitrogens with zero attached hydrogens (tertiary/aromatic N) is 10. The Morgan fingerprint density at radius 3 is 1.04 bits per heavy atom. The summed E-state index contributed by atoms with van der Waals surface area (Å²) in [5.74, 6) is -2.99. The van der Waals surface area contributed by atoms with Crippen molar-refractivity contribution in [3.63, 3.8) is 0 Å². The van der Waals surface area contributed by atoms with Gasteiger partial charge in [-0.05, 0) is 146 Å². The number of aromatic nitrogens is 10. The molecule has 0 fully saturated rings. The molecule has 0 saturated carbocycles. The van der Waals surface area contributed by atoms with Gasteiger partial charge in [0.25, 0.3) is 35.4 Å². The number of alkyl halides is 4. The van der Waals surface area contributed by atoms with Crippen molar-refractivity contribution in [3.8, 4) is 131 Å². The van der Waals surface area contributed by atoms with E-state index >= 15 is 0 Å². The lowest BCUT2D eigenvalue weighted by atomic mass is 10.1. The number of hydrogen-bond donors (Lipinski definition) is 4. The highest BCUT2D eigenvalue weighted by atomic mass is 19.3. The van der Waals surface area contributed by atoms with Crippen LogP contribution in [0.15, 0.2) is 265 Å². The Bertz CT molecular complexity index is 5900. The molecule has 6 heterocycles. The predicted molar refractivity (Wildman–Crippen MR) is 397 cm³/mol. The zero-order valence-corrected chi connectivity index (χ0v) is 59.8. The first kappa shape index (κ1) is 78.0. The number of aryl methyl sites for hydroxylation is 1. The fourth-order valence-corrected chi connectivity index (χ4v) is 10.4. The number of rotatable bonds is 18. The summed E-state index contributed by atoms with van der Waals surface area (Å²) in [6.45, 7) is 3.67. The summed E-state index contributed by atoms with van der Waals surface area (Å²) in [6.07, 6.45) is -3.27. The summed E-state index contributed by atoms with van der Waals surface area (Å²) in [6, 6.07) is 65.7. The molecule has 1 aliphatic heterocycles. The Hall–Kier alpha value is -15.6. The molecule has 5 aromatic heterocycles. The highest BCUT2D eigenvalue weighted by Gasteiger charge is 2.26. The van der Waals surface area contributed by atoms with E-state index in [1.165, 1.54) is 104 Å². The van der Waals surface area contributed by atoms with Gasteiger partial charge in [-0.3, -0.25) is 0 Å². The first-order valence-corrected chi connectivity index (χ1v) is 33.7. The zero-order chi connectivity index (χ0) is 80.6. The molecule has 0 aliphatic carbocycles. The second-order valence-electron chi connectivity index (χ2n) is 24.4. The molecule has 0 bridgehead atoms. The molecule has 0 saturated heterocycles. The first-order valence-electron chi connectivity index (χ1n) is 33.7. The molecule has 0 radical (unpaired) electrons. The standard InChI is InChI=1S/C17H12F2N2O4.C17H12F2N2O3.C16H10N2O5.2C16H12N2O3/c1-17(18,19)24-13-7-5-10(6-8-13)14-20-15(25-21-14)11-3-2-4-12(9-11)16(22)23;1-17(18,19)13-7-5-10(6-8-13)14-20-15(24-21-14)11-3-2-4-12(9-11)16(22)23;19-16(20)11-3-1-2-10(6-11)15-17-14(18-23-15)9-4-5-12-13(7-9)22-8-21-12;1-10-5-7-11(8-6-10)14-17-15(21-18-14)12-3-2-4-13(9-12)16(19)20;1-20-16(19)13-9-7-12(8-10-13)15-17-14(18-21-15)11-5-3-2-4-6-11/h2-9H,1H3,(H,22,23);2-9H,1H3,(H,22,23);1-7H,8H2,(H,19,20);2-9H,1H3,(H,19,20);2-10H,1H3. The predicted octanol–water partition coefficient (Wildman–Crippen LogP) is 17.7. The van der Waals surface area contributed by atoms with Crippen molar-refractivity contribution in [1.29, 1.82) is 0 Å². The number of hydrogen-bond acceptors (Lipinski definition) is 24. The largest absolute Gasteiger partial charge is 0.478 e. The third kappa shape index (κ3) is 20.0. The van der Waals surface area contributed by atoms with Crippen LogP contribution in [0.25, 0.3) is 114 Å². The minimum Gasteiger partial charge on any atom is -0.478 e. The molecule has 4 N–H and O–H groups in total. The Morgan fingerprint density at radius 2 is 0.675 bits per heavy atom. The maximum Gasteiger partial charge on any atom is 0.394 e. The lowest BCUT2D eigenvalue weighted by Crippen LogP contribution is -2.18. The van der Waals surface area contributed by atoms with Gasteiger partial charge in [0, 0.05) is 75.0 Å². The molecule has 15 aromatic rings. The number of ether oxygens (including phenoxy) is 4. The minimum absolute atomic E-state index is 0.00845. The fraction of sp³-hybridized carbons (Fsp3) is 0.0854. The van der Waals surface area contributed by atoms with Gasteiger partial charge in [-0.15, -0.1) is 0 Å². The molecule has 10 aromatic carbocycles. The van der Waals surface area contributed by atoms with Crippen molar-refractivity contribution >= 4 is 29.8 Å². The molecule has 28 nitrogen and oxygen atoms in total. The van der Waals surface area contributed by atoms with Gasteiger partial charge < -0.3 is 62.0 Å². The molecule has 114 heavy (non-hydrogen) atoms. The van der Waals surface area contributed by atoms with E-state index in [2.05, 4.69) is 60.2 Å². The van der Waals surface area contributed by atoms with E-state index < -0.39 is 35.9 Å². The van der Waals surface area contributed by atoms with Crippen molar-refractivity contribution in [2.45, 2.75) is 32.8 Å². The number of methoxy groups -OCH3 is 1. The van der Waals surface area contributed by atoms with Crippen molar-refractivity contribution in [2.24, 2.45) is 0 Å². The van der Waals surface area contributed by atoms with E-state index in [4.69, 9.17) is 52.5 Å². The smallest absolute Gasteiger partial charge is 0.394 e. The van der Waals surface area contributed by atoms with Crippen LogP contribution in [0.3, 0.4) is 0 Å². The van der Waals surface area contributed by atoms with Crippen LogP contribution in [0.5, 0.6) is 17.2 Å².